The molecule has 0 aromatic heterocycles. The Bertz CT molecular complexity index is 396. The number of hydrogen-bond acceptors (Lipinski definition) is 2. The lowest BCUT2D eigenvalue weighted by molar-refractivity contribution is -0.0754. The maximum absolute atomic E-state index is 15.1. The van der Waals surface area contributed by atoms with Crippen LogP contribution in [0, 0.1) is 10.8 Å². The van der Waals surface area contributed by atoms with E-state index < -0.39 is 5.67 Å². The molecule has 2 nitrogen and oxygen atoms in total. The molecule has 0 atom stereocenters. The van der Waals surface area contributed by atoms with E-state index in [2.05, 4.69) is 30.6 Å². The van der Waals surface area contributed by atoms with Gasteiger partial charge in [-0.15, -0.1) is 0 Å². The van der Waals surface area contributed by atoms with Gasteiger partial charge in [0.05, 0.1) is 0 Å². The quantitative estimate of drug-likeness (QED) is 0.591. The molecule has 3 rings (SSSR count). The lowest BCUT2D eigenvalue weighted by atomic mass is 9.71. The van der Waals surface area contributed by atoms with E-state index in [1.54, 1.807) is 0 Å². The van der Waals surface area contributed by atoms with Gasteiger partial charge in [-0.3, -0.25) is 4.90 Å². The van der Waals surface area contributed by atoms with Gasteiger partial charge in [-0.25, -0.2) is 4.39 Å². The van der Waals surface area contributed by atoms with Crippen LogP contribution in [0.5, 0.6) is 0 Å². The molecule has 1 spiro atoms. The average Bonchev–Trinajstić information content (AvgIpc) is 3.28. The molecule has 3 aliphatic rings. The molecule has 2 aliphatic heterocycles. The SMILES string of the molecule is CCCC(F)(CCC)CN1CC2(CCN(CC3(CC)CC3)CC2)C1. The first-order chi connectivity index (χ1) is 11.5. The Kier molecular flexibility index (Phi) is 5.61. The summed E-state index contributed by atoms with van der Waals surface area (Å²) in [7, 11) is 0. The predicted molar refractivity (Wildman–Crippen MR) is 100 cm³/mol. The smallest absolute Gasteiger partial charge is 0.123 e. The molecule has 3 heteroatoms. The van der Waals surface area contributed by atoms with Gasteiger partial charge in [0.15, 0.2) is 0 Å². The minimum absolute atomic E-state index is 0.527. The number of hydrogen-bond donors (Lipinski definition) is 0. The molecule has 24 heavy (non-hydrogen) atoms. The van der Waals surface area contributed by atoms with Gasteiger partial charge in [-0.2, -0.15) is 0 Å². The van der Waals surface area contributed by atoms with Crippen LogP contribution in [0.4, 0.5) is 4.39 Å². The van der Waals surface area contributed by atoms with Crippen molar-refractivity contribution in [3.05, 3.63) is 0 Å². The highest BCUT2D eigenvalue weighted by molar-refractivity contribution is 5.02. The zero-order valence-corrected chi connectivity index (χ0v) is 16.4. The summed E-state index contributed by atoms with van der Waals surface area (Å²) in [5, 5.41) is 0. The standard InChI is InChI=1S/C21H39FN2/c1-4-7-21(22,8-5-2)18-24-16-20(17-24)11-13-23(14-12-20)15-19(6-3)9-10-19/h4-18H2,1-3H3. The minimum atomic E-state index is -0.939. The Morgan fingerprint density at radius 3 is 1.92 bits per heavy atom. The van der Waals surface area contributed by atoms with Gasteiger partial charge in [0.25, 0.3) is 0 Å². The van der Waals surface area contributed by atoms with Crippen LogP contribution in [0.3, 0.4) is 0 Å². The number of alkyl halides is 1. The van der Waals surface area contributed by atoms with Gasteiger partial charge in [0.1, 0.15) is 5.67 Å². The van der Waals surface area contributed by atoms with Crippen LogP contribution >= 0.6 is 0 Å². The lowest BCUT2D eigenvalue weighted by Gasteiger charge is -2.55. The van der Waals surface area contributed by atoms with E-state index in [0.29, 0.717) is 17.4 Å². The van der Waals surface area contributed by atoms with E-state index in [4.69, 9.17) is 0 Å². The van der Waals surface area contributed by atoms with Gasteiger partial charge in [0.2, 0.25) is 0 Å². The normalized spacial score (nSPS) is 26.5. The number of halogens is 1. The van der Waals surface area contributed by atoms with E-state index in [1.807, 2.05) is 0 Å². The predicted octanol–water partition coefficient (Wildman–Crippen LogP) is 4.88. The van der Waals surface area contributed by atoms with E-state index >= 15 is 4.39 Å². The molecular weight excluding hydrogens is 299 g/mol. The Morgan fingerprint density at radius 2 is 1.46 bits per heavy atom. The maximum atomic E-state index is 15.1. The first-order valence-corrected chi connectivity index (χ1v) is 10.6. The summed E-state index contributed by atoms with van der Waals surface area (Å²) in [4.78, 5) is 5.13. The fraction of sp³-hybridized carbons (Fsp3) is 1.00. The number of piperidine rings is 1. The van der Waals surface area contributed by atoms with Crippen LogP contribution in [-0.2, 0) is 0 Å². The first kappa shape index (κ1) is 18.6. The minimum Gasteiger partial charge on any atom is -0.303 e. The molecule has 0 aromatic rings. The van der Waals surface area contributed by atoms with Gasteiger partial charge in [-0.1, -0.05) is 33.6 Å². The Balaban J connectivity index is 1.41. The van der Waals surface area contributed by atoms with Gasteiger partial charge >= 0.3 is 0 Å². The highest BCUT2D eigenvalue weighted by atomic mass is 19.1. The topological polar surface area (TPSA) is 6.48 Å². The Morgan fingerprint density at radius 1 is 0.875 bits per heavy atom. The zero-order chi connectivity index (χ0) is 17.3. The first-order valence-electron chi connectivity index (χ1n) is 10.6. The molecule has 2 heterocycles. The van der Waals surface area contributed by atoms with Crippen molar-refractivity contribution in [1.29, 1.82) is 0 Å². The van der Waals surface area contributed by atoms with Gasteiger partial charge in [0, 0.05) is 26.2 Å². The second-order valence-corrected chi connectivity index (χ2v) is 9.43. The van der Waals surface area contributed by atoms with Crippen LogP contribution in [0.25, 0.3) is 0 Å². The highest BCUT2D eigenvalue weighted by Crippen LogP contribution is 2.50. The van der Waals surface area contributed by atoms with Crippen molar-refractivity contribution in [2.45, 2.75) is 84.2 Å². The zero-order valence-electron chi connectivity index (χ0n) is 16.4. The molecular formula is C21H39FN2. The van der Waals surface area contributed by atoms with Crippen LogP contribution in [0.2, 0.25) is 0 Å². The van der Waals surface area contributed by atoms with Crippen LogP contribution in [0.15, 0.2) is 0 Å². The lowest BCUT2D eigenvalue weighted by Crippen LogP contribution is -2.62. The third-order valence-electron chi connectivity index (χ3n) is 7.20. The number of rotatable bonds is 9. The third-order valence-corrected chi connectivity index (χ3v) is 7.20. The molecule has 0 bridgehead atoms. The van der Waals surface area contributed by atoms with E-state index in [0.717, 1.165) is 38.8 Å². The Hall–Kier alpha value is -0.150. The molecule has 0 radical (unpaired) electrons. The number of likely N-dealkylation sites (tertiary alicyclic amines) is 2. The molecule has 3 fully saturated rings. The molecule has 140 valence electrons. The molecule has 0 aromatic carbocycles. The van der Waals surface area contributed by atoms with Gasteiger partial charge < -0.3 is 4.90 Å². The van der Waals surface area contributed by atoms with Gasteiger partial charge in [-0.05, 0) is 68.9 Å². The molecule has 0 amide bonds. The summed E-state index contributed by atoms with van der Waals surface area (Å²) < 4.78 is 15.1. The summed E-state index contributed by atoms with van der Waals surface area (Å²) in [5.74, 6) is 0. The summed E-state index contributed by atoms with van der Waals surface area (Å²) in [6.07, 6.45) is 10.3. The van der Waals surface area contributed by atoms with Crippen LogP contribution < -0.4 is 0 Å². The fourth-order valence-corrected chi connectivity index (χ4v) is 5.37. The fourth-order valence-electron chi connectivity index (χ4n) is 5.37. The van der Waals surface area contributed by atoms with Crippen molar-refractivity contribution in [2.75, 3.05) is 39.3 Å². The van der Waals surface area contributed by atoms with E-state index in [1.165, 1.54) is 51.7 Å². The third kappa shape index (κ3) is 4.15. The van der Waals surface area contributed by atoms with Crippen molar-refractivity contribution in [3.8, 4) is 0 Å². The maximum Gasteiger partial charge on any atom is 0.123 e. The van der Waals surface area contributed by atoms with Crippen molar-refractivity contribution in [3.63, 3.8) is 0 Å². The molecule has 1 saturated carbocycles. The van der Waals surface area contributed by atoms with Crippen molar-refractivity contribution >= 4 is 0 Å². The average molecular weight is 339 g/mol. The second kappa shape index (κ2) is 7.23. The molecule has 0 unspecified atom stereocenters. The highest BCUT2D eigenvalue weighted by Gasteiger charge is 2.48. The molecule has 1 aliphatic carbocycles. The van der Waals surface area contributed by atoms with Crippen LogP contribution in [-0.4, -0.2) is 54.7 Å². The van der Waals surface area contributed by atoms with E-state index in [9.17, 15) is 0 Å². The second-order valence-electron chi connectivity index (χ2n) is 9.43. The van der Waals surface area contributed by atoms with Crippen molar-refractivity contribution < 1.29 is 4.39 Å². The van der Waals surface area contributed by atoms with Crippen LogP contribution in [0.1, 0.15) is 78.6 Å². The summed E-state index contributed by atoms with van der Waals surface area (Å²) in [6, 6.07) is 0. The summed E-state index contributed by atoms with van der Waals surface area (Å²) in [5.41, 5.74) is 0.272. The summed E-state index contributed by atoms with van der Waals surface area (Å²) in [6.45, 7) is 13.5. The monoisotopic (exact) mass is 338 g/mol. The van der Waals surface area contributed by atoms with E-state index in [-0.39, 0.29) is 0 Å². The number of nitrogens with zero attached hydrogens (tertiary/aromatic N) is 2. The molecule has 0 N–H and O–H groups in total. The molecule has 2 saturated heterocycles. The largest absolute Gasteiger partial charge is 0.303 e. The summed E-state index contributed by atoms with van der Waals surface area (Å²) >= 11 is 0. The van der Waals surface area contributed by atoms with Crippen molar-refractivity contribution in [2.24, 2.45) is 10.8 Å². The Labute approximate surface area is 149 Å². The van der Waals surface area contributed by atoms with Crippen molar-refractivity contribution in [1.82, 2.24) is 9.80 Å².